The van der Waals surface area contributed by atoms with Crippen molar-refractivity contribution in [3.63, 3.8) is 0 Å². The van der Waals surface area contributed by atoms with E-state index in [4.69, 9.17) is 5.73 Å². The van der Waals surface area contributed by atoms with E-state index in [0.717, 1.165) is 0 Å². The van der Waals surface area contributed by atoms with E-state index in [0.29, 0.717) is 5.56 Å². The molecule has 0 radical (unpaired) electrons. The zero-order valence-electron chi connectivity index (χ0n) is 9.99. The SMILES string of the molecule is Cc1cc(N)cc(S(=O)(=O)NCCSC(F)(F)F)c1. The molecule has 0 aromatic heterocycles. The van der Waals surface area contributed by atoms with Gasteiger partial charge in [-0.2, -0.15) is 13.2 Å². The standard InChI is InChI=1S/C10H13F3N2O2S2/c1-7-4-8(14)6-9(5-7)19(16,17)15-2-3-18-10(11,12)13/h4-6,15H,2-3,14H2,1H3. The Balaban J connectivity index is 2.66. The molecule has 0 aliphatic heterocycles. The normalized spacial score (nSPS) is 12.6. The second-order valence-corrected chi connectivity index (χ2v) is 6.70. The van der Waals surface area contributed by atoms with Gasteiger partial charge < -0.3 is 5.73 Å². The number of benzene rings is 1. The van der Waals surface area contributed by atoms with E-state index in [1.807, 2.05) is 0 Å². The third kappa shape index (κ3) is 5.70. The van der Waals surface area contributed by atoms with Crippen LogP contribution < -0.4 is 10.5 Å². The molecule has 19 heavy (non-hydrogen) atoms. The number of nitrogens with one attached hydrogen (secondary N) is 1. The molecule has 1 aromatic carbocycles. The highest BCUT2D eigenvalue weighted by atomic mass is 32.2. The lowest BCUT2D eigenvalue weighted by atomic mass is 10.2. The van der Waals surface area contributed by atoms with Gasteiger partial charge in [0.05, 0.1) is 4.90 Å². The summed E-state index contributed by atoms with van der Waals surface area (Å²) < 4.78 is 61.3. The summed E-state index contributed by atoms with van der Waals surface area (Å²) in [6.07, 6.45) is 0. The highest BCUT2D eigenvalue weighted by Gasteiger charge is 2.27. The third-order valence-corrected chi connectivity index (χ3v) is 4.22. The molecular formula is C10H13F3N2O2S2. The molecule has 0 saturated carbocycles. The Morgan fingerprint density at radius 1 is 1.32 bits per heavy atom. The Kier molecular flexibility index (Phi) is 5.11. The van der Waals surface area contributed by atoms with Gasteiger partial charge in [0, 0.05) is 18.0 Å². The van der Waals surface area contributed by atoms with Gasteiger partial charge in [0.15, 0.2) is 0 Å². The number of hydrogen-bond donors (Lipinski definition) is 2. The minimum atomic E-state index is -4.36. The number of halogens is 3. The fourth-order valence-corrected chi connectivity index (χ4v) is 3.09. The summed E-state index contributed by atoms with van der Waals surface area (Å²) >= 11 is -0.276. The third-order valence-electron chi connectivity index (χ3n) is 2.04. The fourth-order valence-electron chi connectivity index (χ4n) is 1.36. The Bertz CT molecular complexity index is 524. The Labute approximate surface area is 113 Å². The summed E-state index contributed by atoms with van der Waals surface area (Å²) in [6, 6.07) is 4.25. The van der Waals surface area contributed by atoms with Crippen molar-refractivity contribution in [1.29, 1.82) is 0 Å². The number of nitrogens with two attached hydrogens (primary N) is 1. The topological polar surface area (TPSA) is 72.2 Å². The lowest BCUT2D eigenvalue weighted by Crippen LogP contribution is -2.27. The molecule has 0 atom stereocenters. The maximum absolute atomic E-state index is 11.9. The van der Waals surface area contributed by atoms with Crippen LogP contribution >= 0.6 is 11.8 Å². The molecule has 0 aliphatic rings. The molecule has 0 heterocycles. The van der Waals surface area contributed by atoms with Crippen LogP contribution in [-0.2, 0) is 10.0 Å². The number of rotatable bonds is 5. The first-order chi connectivity index (χ1) is 8.60. The van der Waals surface area contributed by atoms with Crippen molar-refractivity contribution in [2.75, 3.05) is 18.0 Å². The van der Waals surface area contributed by atoms with Gasteiger partial charge in [-0.15, -0.1) is 0 Å². The van der Waals surface area contributed by atoms with Crippen LogP contribution in [0, 0.1) is 6.92 Å². The van der Waals surface area contributed by atoms with Crippen LogP contribution in [0.3, 0.4) is 0 Å². The van der Waals surface area contributed by atoms with Gasteiger partial charge in [-0.1, -0.05) is 0 Å². The van der Waals surface area contributed by atoms with Crippen LogP contribution in [0.4, 0.5) is 18.9 Å². The molecule has 9 heteroatoms. The molecule has 0 bridgehead atoms. The fraction of sp³-hybridized carbons (Fsp3) is 0.400. The van der Waals surface area contributed by atoms with Crippen molar-refractivity contribution in [3.05, 3.63) is 23.8 Å². The lowest BCUT2D eigenvalue weighted by molar-refractivity contribution is -0.0327. The summed E-state index contributed by atoms with van der Waals surface area (Å²) in [7, 11) is -3.83. The number of alkyl halides is 3. The van der Waals surface area contributed by atoms with Crippen LogP contribution in [0.2, 0.25) is 0 Å². The lowest BCUT2D eigenvalue weighted by Gasteiger charge is -2.09. The molecule has 1 rings (SSSR count). The van der Waals surface area contributed by atoms with E-state index in [9.17, 15) is 21.6 Å². The van der Waals surface area contributed by atoms with E-state index in [2.05, 4.69) is 4.72 Å². The summed E-state index contributed by atoms with van der Waals surface area (Å²) in [5, 5.41) is 0. The largest absolute Gasteiger partial charge is 0.441 e. The number of aryl methyl sites for hydroxylation is 1. The molecule has 0 spiro atoms. The van der Waals surface area contributed by atoms with Gasteiger partial charge in [-0.05, 0) is 42.4 Å². The van der Waals surface area contributed by atoms with Crippen molar-refractivity contribution >= 4 is 27.5 Å². The van der Waals surface area contributed by atoms with Crippen molar-refractivity contribution in [3.8, 4) is 0 Å². The average molecular weight is 314 g/mol. The summed E-state index contributed by atoms with van der Waals surface area (Å²) in [6.45, 7) is 1.37. The van der Waals surface area contributed by atoms with E-state index in [1.165, 1.54) is 12.1 Å². The van der Waals surface area contributed by atoms with E-state index >= 15 is 0 Å². The minimum absolute atomic E-state index is 0.0537. The van der Waals surface area contributed by atoms with Gasteiger partial charge in [-0.3, -0.25) is 0 Å². The van der Waals surface area contributed by atoms with Gasteiger partial charge >= 0.3 is 5.51 Å². The van der Waals surface area contributed by atoms with Crippen LogP contribution in [0.5, 0.6) is 0 Å². The van der Waals surface area contributed by atoms with E-state index < -0.39 is 15.5 Å². The van der Waals surface area contributed by atoms with E-state index in [1.54, 1.807) is 13.0 Å². The first kappa shape index (κ1) is 16.1. The molecule has 0 amide bonds. The molecule has 0 saturated heterocycles. The van der Waals surface area contributed by atoms with Crippen molar-refractivity contribution in [2.45, 2.75) is 17.3 Å². The Morgan fingerprint density at radius 3 is 2.47 bits per heavy atom. The molecule has 4 nitrogen and oxygen atoms in total. The van der Waals surface area contributed by atoms with Crippen molar-refractivity contribution in [2.24, 2.45) is 0 Å². The average Bonchev–Trinajstić information content (AvgIpc) is 2.22. The summed E-state index contributed by atoms with van der Waals surface area (Å²) in [5.74, 6) is -0.385. The van der Waals surface area contributed by atoms with Crippen LogP contribution in [-0.4, -0.2) is 26.2 Å². The second kappa shape index (κ2) is 6.02. The number of anilines is 1. The van der Waals surface area contributed by atoms with Crippen LogP contribution in [0.15, 0.2) is 23.1 Å². The first-order valence-corrected chi connectivity index (χ1v) is 7.64. The molecule has 108 valence electrons. The predicted molar refractivity (Wildman–Crippen MR) is 69.3 cm³/mol. The van der Waals surface area contributed by atoms with E-state index in [-0.39, 0.29) is 34.6 Å². The van der Waals surface area contributed by atoms with Gasteiger partial charge in [0.1, 0.15) is 0 Å². The zero-order valence-corrected chi connectivity index (χ0v) is 11.6. The summed E-state index contributed by atoms with van der Waals surface area (Å²) in [4.78, 5) is -0.0537. The number of hydrogen-bond acceptors (Lipinski definition) is 4. The Morgan fingerprint density at radius 2 is 1.95 bits per heavy atom. The summed E-state index contributed by atoms with van der Waals surface area (Å²) in [5.41, 5.74) is 2.10. The predicted octanol–water partition coefficient (Wildman–Crippen LogP) is 2.11. The zero-order chi connectivity index (χ0) is 14.7. The maximum atomic E-state index is 11.9. The number of sulfonamides is 1. The van der Waals surface area contributed by atoms with Crippen molar-refractivity contribution in [1.82, 2.24) is 4.72 Å². The molecule has 0 unspecified atom stereocenters. The quantitative estimate of drug-likeness (QED) is 0.645. The van der Waals surface area contributed by atoms with Crippen LogP contribution in [0.1, 0.15) is 5.56 Å². The van der Waals surface area contributed by atoms with Gasteiger partial charge in [0.2, 0.25) is 10.0 Å². The Hall–Kier alpha value is -0.930. The molecule has 1 aromatic rings. The molecule has 3 N–H and O–H groups in total. The molecular weight excluding hydrogens is 301 g/mol. The number of nitrogen functional groups attached to an aromatic ring is 1. The monoisotopic (exact) mass is 314 g/mol. The molecule has 0 fully saturated rings. The second-order valence-electron chi connectivity index (χ2n) is 3.77. The highest BCUT2D eigenvalue weighted by molar-refractivity contribution is 8.00. The van der Waals surface area contributed by atoms with Crippen LogP contribution in [0.25, 0.3) is 0 Å². The smallest absolute Gasteiger partial charge is 0.399 e. The van der Waals surface area contributed by atoms with Gasteiger partial charge in [0.25, 0.3) is 0 Å². The molecule has 0 aliphatic carbocycles. The van der Waals surface area contributed by atoms with Gasteiger partial charge in [-0.25, -0.2) is 13.1 Å². The maximum Gasteiger partial charge on any atom is 0.441 e. The minimum Gasteiger partial charge on any atom is -0.399 e. The highest BCUT2D eigenvalue weighted by Crippen LogP contribution is 2.29. The first-order valence-electron chi connectivity index (χ1n) is 5.18. The van der Waals surface area contributed by atoms with Crippen molar-refractivity contribution < 1.29 is 21.6 Å². The number of thioether (sulfide) groups is 1.